The largest absolute Gasteiger partial charge is 0.361 e. The molecule has 0 aliphatic rings. The molecule has 3 N–H and O–H groups in total. The number of amides is 1. The van der Waals surface area contributed by atoms with Crippen LogP contribution in [0.2, 0.25) is 5.02 Å². The Morgan fingerprint density at radius 1 is 1.47 bits per heavy atom. The number of nitrogens with one attached hydrogen (secondary N) is 1. The number of carbonyl (C=O) groups is 1. The van der Waals surface area contributed by atoms with Crippen LogP contribution in [-0.4, -0.2) is 11.1 Å². The summed E-state index contributed by atoms with van der Waals surface area (Å²) in [4.78, 5) is 11.9. The van der Waals surface area contributed by atoms with Gasteiger partial charge in [-0.15, -0.1) is 0 Å². The maximum Gasteiger partial charge on any atom is 0.277 e. The fourth-order valence-corrected chi connectivity index (χ4v) is 1.75. The molecule has 0 aliphatic heterocycles. The molecular weight excluding hydrogens is 266 g/mol. The van der Waals surface area contributed by atoms with Crippen LogP contribution < -0.4 is 11.1 Å². The van der Waals surface area contributed by atoms with E-state index >= 15 is 0 Å². The Balaban J connectivity index is 2.23. The molecule has 1 heterocycles. The number of anilines is 1. The van der Waals surface area contributed by atoms with Gasteiger partial charge in [0, 0.05) is 12.1 Å². The van der Waals surface area contributed by atoms with E-state index in [0.717, 1.165) is 5.56 Å². The van der Waals surface area contributed by atoms with Crippen LogP contribution in [0.5, 0.6) is 0 Å². The van der Waals surface area contributed by atoms with Crippen molar-refractivity contribution in [2.75, 3.05) is 5.32 Å². The highest BCUT2D eigenvalue weighted by Gasteiger charge is 2.13. The monoisotopic (exact) mass is 279 g/mol. The summed E-state index contributed by atoms with van der Waals surface area (Å²) in [5, 5.41) is 6.77. The van der Waals surface area contributed by atoms with E-state index < -0.39 is 0 Å². The third kappa shape index (κ3) is 3.13. The van der Waals surface area contributed by atoms with Crippen LogP contribution in [0.3, 0.4) is 0 Å². The first-order valence-electron chi connectivity index (χ1n) is 5.77. The highest BCUT2D eigenvalue weighted by atomic mass is 35.5. The number of hydrogen-bond acceptors (Lipinski definition) is 4. The molecule has 2 aromatic rings. The predicted molar refractivity (Wildman–Crippen MR) is 73.2 cm³/mol. The molecule has 1 atom stereocenters. The Bertz CT molecular complexity index is 608. The zero-order chi connectivity index (χ0) is 14.0. The first kappa shape index (κ1) is 13.6. The molecule has 0 radical (unpaired) electrons. The van der Waals surface area contributed by atoms with Gasteiger partial charge in [-0.05, 0) is 31.5 Å². The van der Waals surface area contributed by atoms with E-state index in [1.165, 1.54) is 0 Å². The molecule has 2 rings (SSSR count). The average molecular weight is 280 g/mol. The molecule has 1 aromatic heterocycles. The van der Waals surface area contributed by atoms with Crippen molar-refractivity contribution in [3.63, 3.8) is 0 Å². The van der Waals surface area contributed by atoms with E-state index in [9.17, 15) is 4.79 Å². The van der Waals surface area contributed by atoms with Crippen molar-refractivity contribution in [2.45, 2.75) is 19.9 Å². The second-order valence-corrected chi connectivity index (χ2v) is 4.71. The summed E-state index contributed by atoms with van der Waals surface area (Å²) in [7, 11) is 0. The number of rotatable bonds is 3. The summed E-state index contributed by atoms with van der Waals surface area (Å²) in [5.41, 5.74) is 7.39. The molecule has 0 spiro atoms. The van der Waals surface area contributed by atoms with E-state index in [1.54, 1.807) is 25.1 Å². The lowest BCUT2D eigenvalue weighted by Gasteiger charge is -2.10. The van der Waals surface area contributed by atoms with Gasteiger partial charge >= 0.3 is 0 Å². The van der Waals surface area contributed by atoms with Crippen molar-refractivity contribution in [2.24, 2.45) is 5.73 Å². The van der Waals surface area contributed by atoms with E-state index in [0.29, 0.717) is 16.5 Å². The lowest BCUT2D eigenvalue weighted by Crippen LogP contribution is -2.13. The van der Waals surface area contributed by atoms with Gasteiger partial charge in [-0.3, -0.25) is 4.79 Å². The molecule has 0 aliphatic carbocycles. The summed E-state index contributed by atoms with van der Waals surface area (Å²) in [6, 6.07) is 6.69. The van der Waals surface area contributed by atoms with Gasteiger partial charge in [-0.1, -0.05) is 22.8 Å². The van der Waals surface area contributed by atoms with Crippen molar-refractivity contribution >= 4 is 23.2 Å². The molecule has 5 nitrogen and oxygen atoms in total. The molecule has 6 heteroatoms. The van der Waals surface area contributed by atoms with Crippen molar-refractivity contribution < 1.29 is 9.32 Å². The maximum absolute atomic E-state index is 11.9. The maximum atomic E-state index is 11.9. The average Bonchev–Trinajstić information content (AvgIpc) is 2.78. The fourth-order valence-electron chi connectivity index (χ4n) is 1.58. The smallest absolute Gasteiger partial charge is 0.277 e. The van der Waals surface area contributed by atoms with Crippen LogP contribution in [0.15, 0.2) is 28.8 Å². The Morgan fingerprint density at radius 2 is 2.21 bits per heavy atom. The summed E-state index contributed by atoms with van der Waals surface area (Å²) in [6.07, 6.45) is 0. The highest BCUT2D eigenvalue weighted by Crippen LogP contribution is 2.25. The summed E-state index contributed by atoms with van der Waals surface area (Å²) in [6.45, 7) is 3.57. The van der Waals surface area contributed by atoms with Crippen molar-refractivity contribution in [3.05, 3.63) is 46.3 Å². The van der Waals surface area contributed by atoms with E-state index in [-0.39, 0.29) is 17.6 Å². The van der Waals surface area contributed by atoms with Crippen LogP contribution in [-0.2, 0) is 0 Å². The minimum atomic E-state index is -0.374. The number of carbonyl (C=O) groups excluding carboxylic acids is 1. The topological polar surface area (TPSA) is 81.2 Å². The number of aromatic nitrogens is 1. The predicted octanol–water partition coefficient (Wildman–Crippen LogP) is 2.91. The van der Waals surface area contributed by atoms with Gasteiger partial charge in [-0.2, -0.15) is 0 Å². The second-order valence-electron chi connectivity index (χ2n) is 4.30. The van der Waals surface area contributed by atoms with Gasteiger partial charge in [0.2, 0.25) is 0 Å². The standard InChI is InChI=1S/C13H14ClN3O2/c1-7-5-12(17-19-7)13(18)16-11-6-9(8(2)15)3-4-10(11)14/h3-6,8H,15H2,1-2H3,(H,16,18). The van der Waals surface area contributed by atoms with E-state index in [4.69, 9.17) is 21.9 Å². The first-order chi connectivity index (χ1) is 8.97. The van der Waals surface area contributed by atoms with Crippen LogP contribution in [0, 0.1) is 6.92 Å². The molecule has 1 aromatic carbocycles. The van der Waals surface area contributed by atoms with Crippen molar-refractivity contribution in [3.8, 4) is 0 Å². The van der Waals surface area contributed by atoms with Gasteiger partial charge in [0.1, 0.15) is 5.76 Å². The van der Waals surface area contributed by atoms with Crippen LogP contribution in [0.25, 0.3) is 0 Å². The third-order valence-electron chi connectivity index (χ3n) is 2.63. The Kier molecular flexibility index (Phi) is 3.87. The third-order valence-corrected chi connectivity index (χ3v) is 2.95. The fraction of sp³-hybridized carbons (Fsp3) is 0.231. The van der Waals surface area contributed by atoms with Gasteiger partial charge in [0.05, 0.1) is 10.7 Å². The quantitative estimate of drug-likeness (QED) is 0.905. The first-order valence-corrected chi connectivity index (χ1v) is 6.15. The molecule has 19 heavy (non-hydrogen) atoms. The number of benzene rings is 1. The highest BCUT2D eigenvalue weighted by molar-refractivity contribution is 6.33. The summed E-state index contributed by atoms with van der Waals surface area (Å²) >= 11 is 6.04. The minimum Gasteiger partial charge on any atom is -0.361 e. The van der Waals surface area contributed by atoms with Gasteiger partial charge < -0.3 is 15.6 Å². The zero-order valence-corrected chi connectivity index (χ0v) is 11.4. The number of nitrogens with zero attached hydrogens (tertiary/aromatic N) is 1. The van der Waals surface area contributed by atoms with Crippen LogP contribution in [0.4, 0.5) is 5.69 Å². The molecule has 100 valence electrons. The summed E-state index contributed by atoms with van der Waals surface area (Å²) in [5.74, 6) is 0.196. The van der Waals surface area contributed by atoms with Crippen LogP contribution in [0.1, 0.15) is 34.8 Å². The lowest BCUT2D eigenvalue weighted by atomic mass is 10.1. The number of halogens is 1. The zero-order valence-electron chi connectivity index (χ0n) is 10.6. The molecule has 0 bridgehead atoms. The molecule has 0 saturated carbocycles. The molecule has 0 saturated heterocycles. The van der Waals surface area contributed by atoms with E-state index in [1.807, 2.05) is 13.0 Å². The van der Waals surface area contributed by atoms with Crippen molar-refractivity contribution in [1.29, 1.82) is 0 Å². The van der Waals surface area contributed by atoms with E-state index in [2.05, 4.69) is 10.5 Å². The number of nitrogens with two attached hydrogens (primary N) is 1. The van der Waals surface area contributed by atoms with Gasteiger partial charge in [0.25, 0.3) is 5.91 Å². The number of aryl methyl sites for hydroxylation is 1. The second kappa shape index (κ2) is 5.42. The normalized spacial score (nSPS) is 12.2. The lowest BCUT2D eigenvalue weighted by molar-refractivity contribution is 0.101. The van der Waals surface area contributed by atoms with Crippen molar-refractivity contribution in [1.82, 2.24) is 5.16 Å². The minimum absolute atomic E-state index is 0.137. The van der Waals surface area contributed by atoms with Crippen LogP contribution >= 0.6 is 11.6 Å². The number of hydrogen-bond donors (Lipinski definition) is 2. The molecule has 1 amide bonds. The molecule has 0 fully saturated rings. The summed E-state index contributed by atoms with van der Waals surface area (Å²) < 4.78 is 4.85. The SMILES string of the molecule is Cc1cc(C(=O)Nc2cc(C(C)N)ccc2Cl)no1. The molecule has 1 unspecified atom stereocenters. The molecular formula is C13H14ClN3O2. The Labute approximate surface area is 115 Å². The van der Waals surface area contributed by atoms with Gasteiger partial charge in [-0.25, -0.2) is 0 Å². The Hall–Kier alpha value is -1.85. The Morgan fingerprint density at radius 3 is 2.79 bits per heavy atom. The van der Waals surface area contributed by atoms with Gasteiger partial charge in [0.15, 0.2) is 5.69 Å².